The van der Waals surface area contributed by atoms with Crippen LogP contribution in [0.1, 0.15) is 0 Å². The van der Waals surface area contributed by atoms with Gasteiger partial charge < -0.3 is 0 Å². The monoisotopic (exact) mass is 1620 g/mol. The molecular weight excluding hydrogens is 1540 g/mol. The van der Waals surface area contributed by atoms with Crippen LogP contribution in [0.3, 0.4) is 0 Å². The minimum atomic E-state index is 1.23. The van der Waals surface area contributed by atoms with Crippen molar-refractivity contribution in [3.8, 4) is 100 Å². The van der Waals surface area contributed by atoms with Crippen LogP contribution in [0.15, 0.2) is 497 Å². The summed E-state index contributed by atoms with van der Waals surface area (Å²) in [7, 11) is 0. The van der Waals surface area contributed by atoms with Crippen molar-refractivity contribution in [3.63, 3.8) is 0 Å². The van der Waals surface area contributed by atoms with Crippen molar-refractivity contribution in [2.45, 2.75) is 0 Å². The highest BCUT2D eigenvalue weighted by Gasteiger charge is 2.25. The molecule has 0 radical (unpaired) electrons. The van der Waals surface area contributed by atoms with Crippen LogP contribution in [0, 0.1) is 0 Å². The van der Waals surface area contributed by atoms with E-state index < -0.39 is 0 Å². The van der Waals surface area contributed by atoms with Gasteiger partial charge in [0.15, 0.2) is 0 Å². The molecule has 0 amide bonds. The van der Waals surface area contributed by atoms with Gasteiger partial charge in [0.2, 0.25) is 0 Å². The van der Waals surface area contributed by atoms with Gasteiger partial charge in [-0.1, -0.05) is 449 Å². The van der Waals surface area contributed by atoms with Gasteiger partial charge in [-0.25, -0.2) is 0 Å². The molecule has 26 aromatic rings. The summed E-state index contributed by atoms with van der Waals surface area (Å²) in [6.07, 6.45) is 0. The van der Waals surface area contributed by atoms with Gasteiger partial charge in [0.25, 0.3) is 0 Å². The largest absolute Gasteiger partial charge is 0.0622 e. The first kappa shape index (κ1) is 75.1. The maximum absolute atomic E-state index is 2.45. The Morgan fingerprint density at radius 1 is 0.0781 bits per heavy atom. The highest BCUT2D eigenvalue weighted by molar-refractivity contribution is 6.28. The van der Waals surface area contributed by atoms with Crippen LogP contribution in [-0.2, 0) is 0 Å². The van der Waals surface area contributed by atoms with E-state index in [0.717, 1.165) is 0 Å². The van der Waals surface area contributed by atoms with E-state index in [9.17, 15) is 0 Å². The average molecular weight is 1620 g/mol. The molecule has 0 fully saturated rings. The molecule has 0 spiro atoms. The lowest BCUT2D eigenvalue weighted by Crippen LogP contribution is -1.93. The predicted molar refractivity (Wildman–Crippen MR) is 553 cm³/mol. The minimum absolute atomic E-state index is 1.23. The first-order valence-corrected chi connectivity index (χ1v) is 44.4. The van der Waals surface area contributed by atoms with E-state index in [1.54, 1.807) is 0 Å². The quantitative estimate of drug-likeness (QED) is 0.0998. The molecule has 128 heavy (non-hydrogen) atoms. The Balaban J connectivity index is 0.000000108. The highest BCUT2D eigenvalue weighted by atomic mass is 14.3. The number of rotatable bonds is 9. The molecule has 0 nitrogen and oxygen atoms in total. The summed E-state index contributed by atoms with van der Waals surface area (Å²) in [6.45, 7) is 0. The van der Waals surface area contributed by atoms with Crippen molar-refractivity contribution >= 4 is 151 Å². The van der Waals surface area contributed by atoms with Crippen LogP contribution in [0.4, 0.5) is 0 Å². The van der Waals surface area contributed by atoms with Gasteiger partial charge in [-0.2, -0.15) is 0 Å². The van der Waals surface area contributed by atoms with Crippen molar-refractivity contribution in [2.75, 3.05) is 0 Å². The van der Waals surface area contributed by atoms with E-state index in [4.69, 9.17) is 0 Å². The molecule has 0 saturated carbocycles. The van der Waals surface area contributed by atoms with Crippen molar-refractivity contribution in [2.24, 2.45) is 0 Å². The Morgan fingerprint density at radius 3 is 0.711 bits per heavy atom. The Bertz CT molecular complexity index is 8770. The molecule has 0 saturated heterocycles. The fourth-order valence-corrected chi connectivity index (χ4v) is 20.9. The van der Waals surface area contributed by atoms with Crippen LogP contribution in [-0.4, -0.2) is 0 Å². The Labute approximate surface area is 743 Å². The lowest BCUT2D eigenvalue weighted by atomic mass is 9.83. The van der Waals surface area contributed by atoms with Gasteiger partial charge in [0.1, 0.15) is 0 Å². The molecule has 0 aromatic heterocycles. The molecule has 0 bridgehead atoms. The zero-order chi connectivity index (χ0) is 84.5. The topological polar surface area (TPSA) is 0 Å². The number of hydrogen-bond donors (Lipinski definition) is 0. The number of benzene rings is 26. The summed E-state index contributed by atoms with van der Waals surface area (Å²) in [5.74, 6) is 0. The molecule has 0 heterocycles. The lowest BCUT2D eigenvalue weighted by molar-refractivity contribution is 1.63. The Kier molecular flexibility index (Phi) is 18.7. The second-order valence-corrected chi connectivity index (χ2v) is 33.8. The van der Waals surface area contributed by atoms with E-state index >= 15 is 0 Å². The third kappa shape index (κ3) is 13.1. The van der Waals surface area contributed by atoms with Crippen molar-refractivity contribution in [3.05, 3.63) is 497 Å². The minimum Gasteiger partial charge on any atom is -0.0622 e. The maximum atomic E-state index is 2.45. The summed E-state index contributed by atoms with van der Waals surface area (Å²) in [6, 6.07) is 182. The SMILES string of the molecule is c1ccc(-c2cc(-c3c4ccccc4c(-c4ccc5ccccc5c4)c4ccccc34)c3ccccc3c2)cc1.c1ccc(-c2cccc3c(-c4c5ccccc5c(-c5ccc6ccccc6c5)c5ccccc45)cccc23)cc1.c1ccc2cc(-c3c4ccccc4c(-c4cc(-c5cc6ccccc6c6ccccc56)cc5ccccc45)c4ccccc34)ccc2c1. The van der Waals surface area contributed by atoms with Crippen LogP contribution >= 0.6 is 0 Å². The normalized spacial score (nSPS) is 11.6. The highest BCUT2D eigenvalue weighted by Crippen LogP contribution is 2.52. The zero-order valence-corrected chi connectivity index (χ0v) is 70.3. The summed E-state index contributed by atoms with van der Waals surface area (Å²) in [5.41, 5.74) is 22.8. The third-order valence-electron chi connectivity index (χ3n) is 26.6. The van der Waals surface area contributed by atoms with Crippen molar-refractivity contribution in [1.29, 1.82) is 0 Å². The summed E-state index contributed by atoms with van der Waals surface area (Å²) < 4.78 is 0. The summed E-state index contributed by atoms with van der Waals surface area (Å²) in [5, 5.41) is 35.6. The first-order valence-electron chi connectivity index (χ1n) is 44.4. The molecule has 0 N–H and O–H groups in total. The molecule has 594 valence electrons. The van der Waals surface area contributed by atoms with Crippen LogP contribution in [0.2, 0.25) is 0 Å². The van der Waals surface area contributed by atoms with Gasteiger partial charge in [-0.05, 0) is 299 Å². The fraction of sp³-hybridized carbons (Fsp3) is 0. The Morgan fingerprint density at radius 2 is 0.320 bits per heavy atom. The van der Waals surface area contributed by atoms with Gasteiger partial charge in [0.05, 0.1) is 0 Å². The van der Waals surface area contributed by atoms with E-state index in [-0.39, 0.29) is 0 Å². The predicted octanol–water partition coefficient (Wildman–Crippen LogP) is 36.2. The van der Waals surface area contributed by atoms with Gasteiger partial charge in [-0.15, -0.1) is 0 Å². The van der Waals surface area contributed by atoms with E-state index in [0.29, 0.717) is 0 Å². The zero-order valence-electron chi connectivity index (χ0n) is 70.3. The van der Waals surface area contributed by atoms with Gasteiger partial charge >= 0.3 is 0 Å². The third-order valence-corrected chi connectivity index (χ3v) is 26.6. The van der Waals surface area contributed by atoms with Crippen LogP contribution in [0.5, 0.6) is 0 Å². The first-order chi connectivity index (χ1) is 63.5. The fourth-order valence-electron chi connectivity index (χ4n) is 20.9. The molecular formula is C128H82. The molecule has 0 atom stereocenters. The van der Waals surface area contributed by atoms with Crippen LogP contribution < -0.4 is 0 Å². The van der Waals surface area contributed by atoms with Crippen molar-refractivity contribution < 1.29 is 0 Å². The maximum Gasteiger partial charge on any atom is -0.00199 e. The number of fused-ring (bicyclic) bond motifs is 15. The van der Waals surface area contributed by atoms with Gasteiger partial charge in [-0.3, -0.25) is 0 Å². The van der Waals surface area contributed by atoms with Gasteiger partial charge in [0, 0.05) is 0 Å². The molecule has 0 aliphatic rings. The summed E-state index contributed by atoms with van der Waals surface area (Å²) in [4.78, 5) is 0. The molecule has 0 aliphatic heterocycles. The van der Waals surface area contributed by atoms with E-state index in [2.05, 4.69) is 497 Å². The number of hydrogen-bond acceptors (Lipinski definition) is 0. The molecule has 26 aromatic carbocycles. The van der Waals surface area contributed by atoms with Crippen LogP contribution in [0.25, 0.3) is 251 Å². The molecule has 0 unspecified atom stereocenters. The molecule has 0 heteroatoms. The van der Waals surface area contributed by atoms with Crippen molar-refractivity contribution in [1.82, 2.24) is 0 Å². The standard InChI is InChI=1S/C48H30.2C40H26/c1-2-14-32-27-35(26-25-31(32)13-1)47-41-21-9-11-23-43(41)48(44-24-12-10-22-42(44)47)46-30-36(28-33-15-3-6-18-38(33)46)45-29-34-16-4-5-17-37(34)39-19-7-8-20-40(39)45;1-2-13-28(14-3-1)31-20-10-22-33-32(31)21-11-23-34(33)40-37-18-8-6-16-35(37)39(36-17-7-9-19-38(36)40)30-25-24-27-12-4-5-15-29(27)26-30;1-2-12-27(13-3-1)32-25-30-16-6-7-17-33(30)38(26-32)40-36-20-10-8-18-34(36)39(35-19-9-11-21-37(35)40)31-23-22-28-14-4-5-15-29(28)24-31/h1-30H;2*1-26H. The average Bonchev–Trinajstić information content (AvgIpc) is 0.730. The summed E-state index contributed by atoms with van der Waals surface area (Å²) >= 11 is 0. The smallest absolute Gasteiger partial charge is 0.00199 e. The van der Waals surface area contributed by atoms with E-state index in [1.807, 2.05) is 0 Å². The second kappa shape index (κ2) is 31.9. The molecule has 26 rings (SSSR count). The van der Waals surface area contributed by atoms with E-state index in [1.165, 1.54) is 251 Å². The molecule has 0 aliphatic carbocycles. The Hall–Kier alpha value is -16.6. The second-order valence-electron chi connectivity index (χ2n) is 33.8. The lowest BCUT2D eigenvalue weighted by Gasteiger charge is -2.20.